The summed E-state index contributed by atoms with van der Waals surface area (Å²) in [6.45, 7) is 5.53. The second-order valence-corrected chi connectivity index (χ2v) is 3.59. The van der Waals surface area contributed by atoms with E-state index in [-0.39, 0.29) is 6.10 Å². The van der Waals surface area contributed by atoms with Crippen molar-refractivity contribution in [2.75, 3.05) is 20.2 Å². The Morgan fingerprint density at radius 2 is 2.00 bits per heavy atom. The fraction of sp³-hybridized carbons (Fsp3) is 0.500. The quantitative estimate of drug-likeness (QED) is 0.728. The van der Waals surface area contributed by atoms with E-state index < -0.39 is 0 Å². The topological polar surface area (TPSA) is 30.5 Å². The molecular formula is C12H19NO2. The Hall–Kier alpha value is -1.22. The predicted octanol–water partition coefficient (Wildman–Crippen LogP) is 2.07. The minimum Gasteiger partial charge on any atom is -0.492 e. The van der Waals surface area contributed by atoms with Crippen LogP contribution >= 0.6 is 0 Å². The molecule has 0 radical (unpaired) electrons. The van der Waals surface area contributed by atoms with Crippen LogP contribution in [0.5, 0.6) is 11.5 Å². The van der Waals surface area contributed by atoms with Crippen LogP contribution in [-0.4, -0.2) is 26.3 Å². The first-order chi connectivity index (χ1) is 7.22. The zero-order chi connectivity index (χ0) is 11.1. The van der Waals surface area contributed by atoms with Crippen molar-refractivity contribution in [2.45, 2.75) is 20.0 Å². The zero-order valence-corrected chi connectivity index (χ0v) is 9.62. The molecule has 0 saturated carbocycles. The van der Waals surface area contributed by atoms with Crippen molar-refractivity contribution in [3.63, 3.8) is 0 Å². The lowest BCUT2D eigenvalue weighted by Crippen LogP contribution is -2.16. The molecule has 0 saturated heterocycles. The molecule has 1 aromatic rings. The summed E-state index contributed by atoms with van der Waals surface area (Å²) in [4.78, 5) is 0. The van der Waals surface area contributed by atoms with Crippen LogP contribution in [0.1, 0.15) is 13.8 Å². The van der Waals surface area contributed by atoms with E-state index in [2.05, 4.69) is 5.32 Å². The van der Waals surface area contributed by atoms with Crippen LogP contribution < -0.4 is 14.8 Å². The van der Waals surface area contributed by atoms with E-state index in [1.165, 1.54) is 0 Å². The third-order valence-corrected chi connectivity index (χ3v) is 1.80. The van der Waals surface area contributed by atoms with Crippen molar-refractivity contribution in [3.05, 3.63) is 24.3 Å². The summed E-state index contributed by atoms with van der Waals surface area (Å²) in [5, 5.41) is 3.03. The van der Waals surface area contributed by atoms with Crippen LogP contribution in [0.4, 0.5) is 0 Å². The molecule has 0 heterocycles. The highest BCUT2D eigenvalue weighted by Gasteiger charge is 1.99. The van der Waals surface area contributed by atoms with Crippen molar-refractivity contribution in [1.82, 2.24) is 5.32 Å². The van der Waals surface area contributed by atoms with E-state index >= 15 is 0 Å². The number of hydrogen-bond donors (Lipinski definition) is 1. The summed E-state index contributed by atoms with van der Waals surface area (Å²) in [6.07, 6.45) is 0.192. The van der Waals surface area contributed by atoms with Gasteiger partial charge >= 0.3 is 0 Å². The van der Waals surface area contributed by atoms with Crippen LogP contribution in [-0.2, 0) is 0 Å². The maximum absolute atomic E-state index is 5.57. The molecule has 0 amide bonds. The molecule has 0 fully saturated rings. The average molecular weight is 209 g/mol. The maximum Gasteiger partial charge on any atom is 0.123 e. The zero-order valence-electron chi connectivity index (χ0n) is 9.62. The molecule has 3 heteroatoms. The van der Waals surface area contributed by atoms with Gasteiger partial charge < -0.3 is 14.8 Å². The number of nitrogens with one attached hydrogen (secondary N) is 1. The number of benzene rings is 1. The van der Waals surface area contributed by atoms with E-state index in [1.807, 2.05) is 45.2 Å². The lowest BCUT2D eigenvalue weighted by Gasteiger charge is -2.11. The lowest BCUT2D eigenvalue weighted by atomic mass is 10.3. The first-order valence-corrected chi connectivity index (χ1v) is 5.26. The molecule has 84 valence electrons. The van der Waals surface area contributed by atoms with Gasteiger partial charge in [-0.2, -0.15) is 0 Å². The molecule has 0 aliphatic carbocycles. The highest BCUT2D eigenvalue weighted by atomic mass is 16.5. The molecule has 3 nitrogen and oxygen atoms in total. The number of likely N-dealkylation sites (N-methyl/N-ethyl adjacent to an activating group) is 1. The van der Waals surface area contributed by atoms with E-state index in [4.69, 9.17) is 9.47 Å². The van der Waals surface area contributed by atoms with E-state index in [1.54, 1.807) is 0 Å². The monoisotopic (exact) mass is 209 g/mol. The van der Waals surface area contributed by atoms with Gasteiger partial charge in [-0.05, 0) is 33.0 Å². The van der Waals surface area contributed by atoms with E-state index in [9.17, 15) is 0 Å². The molecule has 1 rings (SSSR count). The SMILES string of the molecule is CNCCOc1cccc(OC(C)C)c1. The Morgan fingerprint density at radius 3 is 2.67 bits per heavy atom. The van der Waals surface area contributed by atoms with Gasteiger partial charge in [-0.1, -0.05) is 6.07 Å². The van der Waals surface area contributed by atoms with Gasteiger partial charge in [0, 0.05) is 12.6 Å². The Bertz CT molecular complexity index is 287. The van der Waals surface area contributed by atoms with Gasteiger partial charge in [0.1, 0.15) is 18.1 Å². The standard InChI is InChI=1S/C12H19NO2/c1-10(2)15-12-6-4-5-11(9-12)14-8-7-13-3/h4-6,9-10,13H,7-8H2,1-3H3. The van der Waals surface area contributed by atoms with Gasteiger partial charge in [-0.25, -0.2) is 0 Å². The minimum atomic E-state index is 0.192. The highest BCUT2D eigenvalue weighted by molar-refractivity contribution is 5.33. The first-order valence-electron chi connectivity index (χ1n) is 5.26. The van der Waals surface area contributed by atoms with Gasteiger partial charge in [-0.15, -0.1) is 0 Å². The van der Waals surface area contributed by atoms with E-state index in [0.717, 1.165) is 18.0 Å². The maximum atomic E-state index is 5.57. The summed E-state index contributed by atoms with van der Waals surface area (Å²) >= 11 is 0. The van der Waals surface area contributed by atoms with Crippen LogP contribution in [0.2, 0.25) is 0 Å². The van der Waals surface area contributed by atoms with Gasteiger partial charge in [0.15, 0.2) is 0 Å². The van der Waals surface area contributed by atoms with Crippen molar-refractivity contribution in [3.8, 4) is 11.5 Å². The van der Waals surface area contributed by atoms with Gasteiger partial charge in [0.05, 0.1) is 6.10 Å². The largest absolute Gasteiger partial charge is 0.492 e. The summed E-state index contributed by atoms with van der Waals surface area (Å²) in [6, 6.07) is 7.72. The molecule has 0 bridgehead atoms. The number of hydrogen-bond acceptors (Lipinski definition) is 3. The van der Waals surface area contributed by atoms with Gasteiger partial charge in [-0.3, -0.25) is 0 Å². The third-order valence-electron chi connectivity index (χ3n) is 1.80. The molecule has 0 aromatic heterocycles. The molecule has 1 aromatic carbocycles. The van der Waals surface area contributed by atoms with Crippen molar-refractivity contribution >= 4 is 0 Å². The smallest absolute Gasteiger partial charge is 0.123 e. The fourth-order valence-corrected chi connectivity index (χ4v) is 1.18. The molecule has 0 aliphatic rings. The number of rotatable bonds is 6. The van der Waals surface area contributed by atoms with Crippen molar-refractivity contribution in [2.24, 2.45) is 0 Å². The fourth-order valence-electron chi connectivity index (χ4n) is 1.18. The van der Waals surface area contributed by atoms with Gasteiger partial charge in [0.2, 0.25) is 0 Å². The molecule has 15 heavy (non-hydrogen) atoms. The molecule has 0 atom stereocenters. The molecular weight excluding hydrogens is 190 g/mol. The summed E-state index contributed by atoms with van der Waals surface area (Å²) in [7, 11) is 1.90. The molecule has 0 aliphatic heterocycles. The Morgan fingerprint density at radius 1 is 1.27 bits per heavy atom. The van der Waals surface area contributed by atoms with Crippen LogP contribution in [0, 0.1) is 0 Å². The van der Waals surface area contributed by atoms with Crippen LogP contribution in [0.25, 0.3) is 0 Å². The highest BCUT2D eigenvalue weighted by Crippen LogP contribution is 2.20. The summed E-state index contributed by atoms with van der Waals surface area (Å²) in [5.41, 5.74) is 0. The third kappa shape index (κ3) is 4.70. The Balaban J connectivity index is 2.50. The molecule has 1 N–H and O–H groups in total. The second kappa shape index (κ2) is 6.30. The normalized spacial score (nSPS) is 10.4. The predicted molar refractivity (Wildman–Crippen MR) is 61.6 cm³/mol. The van der Waals surface area contributed by atoms with Crippen molar-refractivity contribution < 1.29 is 9.47 Å². The van der Waals surface area contributed by atoms with Crippen LogP contribution in [0.3, 0.4) is 0 Å². The van der Waals surface area contributed by atoms with Crippen molar-refractivity contribution in [1.29, 1.82) is 0 Å². The summed E-state index contributed by atoms with van der Waals surface area (Å²) < 4.78 is 11.1. The van der Waals surface area contributed by atoms with Gasteiger partial charge in [0.25, 0.3) is 0 Å². The first kappa shape index (κ1) is 11.9. The van der Waals surface area contributed by atoms with Crippen LogP contribution in [0.15, 0.2) is 24.3 Å². The Kier molecular flexibility index (Phi) is 4.98. The van der Waals surface area contributed by atoms with E-state index in [0.29, 0.717) is 6.61 Å². The molecule has 0 spiro atoms. The number of ether oxygens (including phenoxy) is 2. The minimum absolute atomic E-state index is 0.192. The molecule has 0 unspecified atom stereocenters. The average Bonchev–Trinajstić information content (AvgIpc) is 2.18. The Labute approximate surface area is 91.4 Å². The lowest BCUT2D eigenvalue weighted by molar-refractivity contribution is 0.240. The second-order valence-electron chi connectivity index (χ2n) is 3.59. The summed E-state index contributed by atoms with van der Waals surface area (Å²) in [5.74, 6) is 1.70.